The number of benzene rings is 2. The third-order valence-electron chi connectivity index (χ3n) is 4.48. The molecule has 0 saturated carbocycles. The van der Waals surface area contributed by atoms with Gasteiger partial charge in [0.1, 0.15) is 5.75 Å². The molecule has 0 fully saturated rings. The molecule has 0 spiro atoms. The molecule has 0 radical (unpaired) electrons. The fraction of sp³-hybridized carbons (Fsp3) is 0.381. The van der Waals surface area contributed by atoms with E-state index >= 15 is 0 Å². The van der Waals surface area contributed by atoms with E-state index in [1.807, 2.05) is 37.3 Å². The highest BCUT2D eigenvalue weighted by molar-refractivity contribution is 8.00. The van der Waals surface area contributed by atoms with Gasteiger partial charge in [-0.3, -0.25) is 10.0 Å². The Bertz CT molecular complexity index is 661. The van der Waals surface area contributed by atoms with E-state index < -0.39 is 0 Å². The number of carbonyl (C=O) groups excluding carboxylic acids is 1. The minimum absolute atomic E-state index is 0.103. The smallest absolute Gasteiger partial charge is 0.247 e. The zero-order chi connectivity index (χ0) is 18.8. The zero-order valence-electron chi connectivity index (χ0n) is 15.4. The summed E-state index contributed by atoms with van der Waals surface area (Å²) in [5, 5.41) is 9.09. The van der Waals surface area contributed by atoms with Crippen LogP contribution < -0.4 is 10.2 Å². The Morgan fingerprint density at radius 1 is 1.12 bits per heavy atom. The molecule has 2 atom stereocenters. The predicted octanol–water partition coefficient (Wildman–Crippen LogP) is 4.71. The molecule has 140 valence electrons. The zero-order valence-corrected chi connectivity index (χ0v) is 16.2. The standard InChI is InChI=1S/C21H27NO3S/c1-16(21(23)22-24)20(26-19-14-12-18(25-2)13-15-19)11-7-6-10-17-8-4-3-5-9-17/h3-5,8-9,12-16,20,24H,6-7,10-11H2,1-2H3,(H,22,23). The van der Waals surface area contributed by atoms with Crippen LogP contribution in [0.3, 0.4) is 0 Å². The van der Waals surface area contributed by atoms with E-state index in [0.717, 1.165) is 36.3 Å². The first-order valence-corrected chi connectivity index (χ1v) is 9.80. The fourth-order valence-corrected chi connectivity index (χ4v) is 4.09. The van der Waals surface area contributed by atoms with Crippen molar-refractivity contribution in [3.63, 3.8) is 0 Å². The number of carbonyl (C=O) groups is 1. The van der Waals surface area contributed by atoms with Crippen LogP contribution in [-0.2, 0) is 11.2 Å². The number of unbranched alkanes of at least 4 members (excludes halogenated alkanes) is 1. The predicted molar refractivity (Wildman–Crippen MR) is 106 cm³/mol. The summed E-state index contributed by atoms with van der Waals surface area (Å²) in [7, 11) is 1.64. The van der Waals surface area contributed by atoms with Gasteiger partial charge in [-0.15, -0.1) is 11.8 Å². The molecule has 26 heavy (non-hydrogen) atoms. The molecular weight excluding hydrogens is 346 g/mol. The number of methoxy groups -OCH3 is 1. The maximum Gasteiger partial charge on any atom is 0.247 e. The largest absolute Gasteiger partial charge is 0.497 e. The van der Waals surface area contributed by atoms with Gasteiger partial charge in [0.05, 0.1) is 7.11 Å². The van der Waals surface area contributed by atoms with Gasteiger partial charge in [0.2, 0.25) is 5.91 Å². The second-order valence-corrected chi connectivity index (χ2v) is 7.64. The number of ether oxygens (including phenoxy) is 1. The molecule has 2 rings (SSSR count). The van der Waals surface area contributed by atoms with E-state index in [1.165, 1.54) is 5.56 Å². The summed E-state index contributed by atoms with van der Waals surface area (Å²) in [6, 6.07) is 18.3. The van der Waals surface area contributed by atoms with Crippen molar-refractivity contribution in [1.29, 1.82) is 0 Å². The number of hydrogen-bond donors (Lipinski definition) is 2. The molecule has 2 N–H and O–H groups in total. The molecule has 0 aromatic heterocycles. The van der Waals surface area contributed by atoms with Crippen LogP contribution in [0.2, 0.25) is 0 Å². The molecule has 0 aliphatic heterocycles. The van der Waals surface area contributed by atoms with E-state index in [2.05, 4.69) is 24.3 Å². The van der Waals surface area contributed by atoms with Gasteiger partial charge in [0, 0.05) is 16.1 Å². The molecular formula is C21H27NO3S. The van der Waals surface area contributed by atoms with Gasteiger partial charge >= 0.3 is 0 Å². The van der Waals surface area contributed by atoms with Gasteiger partial charge in [-0.1, -0.05) is 43.7 Å². The van der Waals surface area contributed by atoms with Crippen LogP contribution in [0, 0.1) is 5.92 Å². The van der Waals surface area contributed by atoms with Crippen molar-refractivity contribution >= 4 is 17.7 Å². The quantitative estimate of drug-likeness (QED) is 0.274. The number of rotatable bonds is 10. The molecule has 1 amide bonds. The van der Waals surface area contributed by atoms with E-state index in [-0.39, 0.29) is 17.1 Å². The molecule has 0 aliphatic carbocycles. The molecule has 0 aliphatic rings. The lowest BCUT2D eigenvalue weighted by molar-refractivity contribution is -0.132. The number of aryl methyl sites for hydroxylation is 1. The maximum absolute atomic E-state index is 11.9. The Morgan fingerprint density at radius 2 is 1.81 bits per heavy atom. The summed E-state index contributed by atoms with van der Waals surface area (Å²) in [4.78, 5) is 13.0. The second kappa shape index (κ2) is 10.9. The first-order chi connectivity index (χ1) is 12.6. The van der Waals surface area contributed by atoms with Gasteiger partial charge < -0.3 is 4.74 Å². The van der Waals surface area contributed by atoms with E-state index in [4.69, 9.17) is 9.94 Å². The highest BCUT2D eigenvalue weighted by Crippen LogP contribution is 2.33. The summed E-state index contributed by atoms with van der Waals surface area (Å²) in [5.41, 5.74) is 3.13. The fourth-order valence-electron chi connectivity index (χ4n) is 2.83. The lowest BCUT2D eigenvalue weighted by atomic mass is 10.00. The van der Waals surface area contributed by atoms with Gasteiger partial charge in [0.25, 0.3) is 0 Å². The molecule has 2 aromatic rings. The topological polar surface area (TPSA) is 58.6 Å². The molecule has 5 heteroatoms. The summed E-state index contributed by atoms with van der Waals surface area (Å²) in [6.45, 7) is 1.87. The summed E-state index contributed by atoms with van der Waals surface area (Å²) >= 11 is 1.68. The number of amides is 1. The van der Waals surface area contributed by atoms with Crippen LogP contribution in [0.25, 0.3) is 0 Å². The normalized spacial score (nSPS) is 13.0. The van der Waals surface area contributed by atoms with Gasteiger partial charge in [0.15, 0.2) is 0 Å². The Hall–Kier alpha value is -1.98. The van der Waals surface area contributed by atoms with Crippen molar-refractivity contribution in [2.24, 2.45) is 5.92 Å². The summed E-state index contributed by atoms with van der Waals surface area (Å²) < 4.78 is 5.19. The molecule has 0 saturated heterocycles. The lowest BCUT2D eigenvalue weighted by Gasteiger charge is -2.22. The molecule has 4 nitrogen and oxygen atoms in total. The third-order valence-corrected chi connectivity index (χ3v) is 5.97. The van der Waals surface area contributed by atoms with Crippen molar-refractivity contribution in [1.82, 2.24) is 5.48 Å². The van der Waals surface area contributed by atoms with E-state index in [1.54, 1.807) is 24.4 Å². The van der Waals surface area contributed by atoms with Crippen molar-refractivity contribution in [3.05, 3.63) is 60.2 Å². The second-order valence-electron chi connectivity index (χ2n) is 6.33. The van der Waals surface area contributed by atoms with Crippen LogP contribution in [-0.4, -0.2) is 23.5 Å². The Kier molecular flexibility index (Phi) is 8.51. The number of hydrogen-bond acceptors (Lipinski definition) is 4. The van der Waals surface area contributed by atoms with Crippen molar-refractivity contribution in [2.45, 2.75) is 42.8 Å². The van der Waals surface area contributed by atoms with Gasteiger partial charge in [-0.25, -0.2) is 5.48 Å². The van der Waals surface area contributed by atoms with Gasteiger partial charge in [-0.2, -0.15) is 0 Å². The first kappa shape index (κ1) is 20.3. The Morgan fingerprint density at radius 3 is 2.42 bits per heavy atom. The Labute approximate surface area is 159 Å². The van der Waals surface area contributed by atoms with Crippen LogP contribution in [0.5, 0.6) is 5.75 Å². The molecule has 0 bridgehead atoms. The Balaban J connectivity index is 1.92. The first-order valence-electron chi connectivity index (χ1n) is 8.92. The van der Waals surface area contributed by atoms with Crippen LogP contribution in [0.15, 0.2) is 59.5 Å². The summed E-state index contributed by atoms with van der Waals surface area (Å²) in [6.07, 6.45) is 4.07. The van der Waals surface area contributed by atoms with Crippen LogP contribution in [0.4, 0.5) is 0 Å². The molecule has 2 unspecified atom stereocenters. The van der Waals surface area contributed by atoms with Crippen LogP contribution in [0.1, 0.15) is 31.7 Å². The van der Waals surface area contributed by atoms with Gasteiger partial charge in [-0.05, 0) is 49.1 Å². The summed E-state index contributed by atoms with van der Waals surface area (Å²) in [5.74, 6) is 0.206. The number of hydroxylamine groups is 1. The van der Waals surface area contributed by atoms with Crippen molar-refractivity contribution in [3.8, 4) is 5.75 Å². The highest BCUT2D eigenvalue weighted by Gasteiger charge is 2.24. The molecule has 0 heterocycles. The monoisotopic (exact) mass is 373 g/mol. The maximum atomic E-state index is 11.9. The molecule has 2 aromatic carbocycles. The highest BCUT2D eigenvalue weighted by atomic mass is 32.2. The van der Waals surface area contributed by atoms with E-state index in [0.29, 0.717) is 0 Å². The minimum Gasteiger partial charge on any atom is -0.497 e. The average molecular weight is 374 g/mol. The SMILES string of the molecule is COc1ccc(SC(CCCCc2ccccc2)C(C)C(=O)NO)cc1. The van der Waals surface area contributed by atoms with E-state index in [9.17, 15) is 4.79 Å². The number of thioether (sulfide) groups is 1. The third kappa shape index (κ3) is 6.39. The van der Waals surface area contributed by atoms with Crippen molar-refractivity contribution in [2.75, 3.05) is 7.11 Å². The number of nitrogens with one attached hydrogen (secondary N) is 1. The average Bonchev–Trinajstić information content (AvgIpc) is 2.70. The van der Waals surface area contributed by atoms with Crippen molar-refractivity contribution < 1.29 is 14.7 Å². The minimum atomic E-state index is -0.334. The lowest BCUT2D eigenvalue weighted by Crippen LogP contribution is -2.32. The van der Waals surface area contributed by atoms with Crippen LogP contribution >= 0.6 is 11.8 Å².